The van der Waals surface area contributed by atoms with Crippen LogP contribution in [0.2, 0.25) is 0 Å². The van der Waals surface area contributed by atoms with Gasteiger partial charge in [0.05, 0.1) is 12.6 Å². The molecule has 1 atom stereocenters. The lowest BCUT2D eigenvalue weighted by atomic mass is 10.1. The summed E-state index contributed by atoms with van der Waals surface area (Å²) < 4.78 is 11.0. The van der Waals surface area contributed by atoms with Crippen LogP contribution >= 0.6 is 0 Å². The first-order valence-corrected chi connectivity index (χ1v) is 8.20. The molecule has 7 heteroatoms. The predicted molar refractivity (Wildman–Crippen MR) is 94.9 cm³/mol. The van der Waals surface area contributed by atoms with Gasteiger partial charge in [0.2, 0.25) is 12.8 Å². The highest BCUT2D eigenvalue weighted by Crippen LogP contribution is 2.35. The summed E-state index contributed by atoms with van der Waals surface area (Å²) >= 11 is 0. The Hall–Kier alpha value is -2.44. The van der Waals surface area contributed by atoms with Crippen LogP contribution in [0.3, 0.4) is 0 Å². The third-order valence-electron chi connectivity index (χ3n) is 4.05. The van der Waals surface area contributed by atoms with Crippen molar-refractivity contribution in [2.75, 3.05) is 41.0 Å². The Labute approximate surface area is 143 Å². The molecule has 2 aliphatic heterocycles. The van der Waals surface area contributed by atoms with Gasteiger partial charge in [0.15, 0.2) is 17.5 Å². The lowest BCUT2D eigenvalue weighted by Gasteiger charge is -2.24. The molecule has 0 aliphatic carbocycles. The maximum atomic E-state index is 5.58. The molecule has 0 amide bonds. The minimum absolute atomic E-state index is 0.158. The molecule has 0 saturated carbocycles. The Balaban J connectivity index is 1.67. The highest BCUT2D eigenvalue weighted by molar-refractivity contribution is 5.98. The third kappa shape index (κ3) is 3.55. The van der Waals surface area contributed by atoms with Crippen molar-refractivity contribution in [2.45, 2.75) is 19.4 Å². The van der Waals surface area contributed by atoms with Crippen molar-refractivity contribution in [3.8, 4) is 11.5 Å². The number of aliphatic imine (C=N–C) groups is 2. The molecule has 7 nitrogen and oxygen atoms in total. The molecular weight excluding hydrogens is 306 g/mol. The Morgan fingerprint density at radius 1 is 1.21 bits per heavy atom. The van der Waals surface area contributed by atoms with Gasteiger partial charge in [-0.2, -0.15) is 0 Å². The number of nitrogens with one attached hydrogen (secondary N) is 1. The van der Waals surface area contributed by atoms with Gasteiger partial charge in [-0.3, -0.25) is 10.3 Å². The Kier molecular flexibility index (Phi) is 4.78. The van der Waals surface area contributed by atoms with E-state index in [1.165, 1.54) is 0 Å². The Morgan fingerprint density at radius 2 is 2.04 bits per heavy atom. The minimum atomic E-state index is 0.158. The van der Waals surface area contributed by atoms with Gasteiger partial charge < -0.3 is 19.3 Å². The van der Waals surface area contributed by atoms with E-state index in [0.29, 0.717) is 13.3 Å². The molecule has 0 bridgehead atoms. The summed E-state index contributed by atoms with van der Waals surface area (Å²) in [7, 11) is 5.99. The Bertz CT molecular complexity index is 656. The normalized spacial score (nSPS) is 19.1. The van der Waals surface area contributed by atoms with E-state index in [1.807, 2.05) is 38.2 Å². The fourth-order valence-electron chi connectivity index (χ4n) is 2.67. The summed E-state index contributed by atoms with van der Waals surface area (Å²) in [6, 6.07) is 6.18. The second-order valence-electron chi connectivity index (χ2n) is 6.31. The average molecular weight is 331 g/mol. The van der Waals surface area contributed by atoms with Gasteiger partial charge in [0.1, 0.15) is 0 Å². The van der Waals surface area contributed by atoms with Crippen molar-refractivity contribution in [3.05, 3.63) is 23.8 Å². The van der Waals surface area contributed by atoms with Gasteiger partial charge in [-0.1, -0.05) is 12.1 Å². The van der Waals surface area contributed by atoms with E-state index in [-0.39, 0.29) is 6.04 Å². The number of fused-ring (bicyclic) bond motifs is 1. The van der Waals surface area contributed by atoms with E-state index in [2.05, 4.69) is 28.2 Å². The molecule has 0 radical (unpaired) electrons. The summed E-state index contributed by atoms with van der Waals surface area (Å²) in [5, 5.41) is 3.33. The maximum absolute atomic E-state index is 5.58. The highest BCUT2D eigenvalue weighted by Gasteiger charge is 2.19. The van der Waals surface area contributed by atoms with Crippen molar-refractivity contribution >= 4 is 11.9 Å². The zero-order chi connectivity index (χ0) is 17.1. The number of hydrogen-bond donors (Lipinski definition) is 1. The summed E-state index contributed by atoms with van der Waals surface area (Å²) in [5.74, 6) is 3.38. The smallest absolute Gasteiger partial charge is 0.231 e. The number of hydrogen-bond acceptors (Lipinski definition) is 7. The van der Waals surface area contributed by atoms with Crippen LogP contribution in [-0.4, -0.2) is 68.8 Å². The molecule has 1 aromatic carbocycles. The molecule has 0 fully saturated rings. The van der Waals surface area contributed by atoms with E-state index in [1.54, 1.807) is 0 Å². The summed E-state index contributed by atoms with van der Waals surface area (Å²) in [6.45, 7) is 3.89. The van der Waals surface area contributed by atoms with Gasteiger partial charge in [0, 0.05) is 27.7 Å². The molecule has 0 saturated heterocycles. The first-order chi connectivity index (χ1) is 11.5. The standard InChI is InChI=1S/C17H25N5O2/c1-12-10-18-16(21(2)3)20-17(19-12)22(4)9-8-13-6-5-7-14-15(13)24-11-23-14/h5-7,12H,8-11H2,1-4H3,(H,18,19,20). The van der Waals surface area contributed by atoms with E-state index in [9.17, 15) is 0 Å². The molecule has 0 aromatic heterocycles. The SMILES string of the molecule is CC1CN=C(N(C)C)NC(N(C)CCc2cccc3c2OCO3)=N1. The molecule has 0 spiro atoms. The molecule has 130 valence electrons. The van der Waals surface area contributed by atoms with Crippen LogP contribution in [0.15, 0.2) is 28.2 Å². The molecular formula is C17H25N5O2. The quantitative estimate of drug-likeness (QED) is 0.900. The van der Waals surface area contributed by atoms with Crippen LogP contribution in [0.5, 0.6) is 11.5 Å². The van der Waals surface area contributed by atoms with Crippen LogP contribution < -0.4 is 14.8 Å². The second kappa shape index (κ2) is 6.98. The topological polar surface area (TPSA) is 61.7 Å². The minimum Gasteiger partial charge on any atom is -0.454 e. The fourth-order valence-corrected chi connectivity index (χ4v) is 2.67. The molecule has 1 aromatic rings. The van der Waals surface area contributed by atoms with Gasteiger partial charge in [-0.05, 0) is 25.0 Å². The molecule has 3 rings (SSSR count). The molecule has 1 N–H and O–H groups in total. The largest absolute Gasteiger partial charge is 0.454 e. The summed E-state index contributed by atoms with van der Waals surface area (Å²) in [4.78, 5) is 13.4. The summed E-state index contributed by atoms with van der Waals surface area (Å²) in [6.07, 6.45) is 0.854. The van der Waals surface area contributed by atoms with Crippen molar-refractivity contribution in [2.24, 2.45) is 9.98 Å². The number of rotatable bonds is 3. The number of guanidine groups is 2. The fraction of sp³-hybridized carbons (Fsp3) is 0.529. The number of likely N-dealkylation sites (N-methyl/N-ethyl adjacent to an activating group) is 1. The van der Waals surface area contributed by atoms with E-state index < -0.39 is 0 Å². The van der Waals surface area contributed by atoms with Crippen LogP contribution in [-0.2, 0) is 6.42 Å². The van der Waals surface area contributed by atoms with Crippen LogP contribution in [0.25, 0.3) is 0 Å². The van der Waals surface area contributed by atoms with Crippen LogP contribution in [0.4, 0.5) is 0 Å². The molecule has 24 heavy (non-hydrogen) atoms. The molecule has 1 unspecified atom stereocenters. The summed E-state index contributed by atoms with van der Waals surface area (Å²) in [5.41, 5.74) is 1.15. The maximum Gasteiger partial charge on any atom is 0.231 e. The van der Waals surface area contributed by atoms with Gasteiger partial charge in [-0.25, -0.2) is 4.99 Å². The average Bonchev–Trinajstić information content (AvgIpc) is 2.95. The van der Waals surface area contributed by atoms with Crippen molar-refractivity contribution in [1.29, 1.82) is 0 Å². The molecule has 2 aliphatic rings. The van der Waals surface area contributed by atoms with E-state index in [4.69, 9.17) is 14.5 Å². The predicted octanol–water partition coefficient (Wildman–Crippen LogP) is 1.15. The number of para-hydroxylation sites is 1. The van der Waals surface area contributed by atoms with Crippen molar-refractivity contribution < 1.29 is 9.47 Å². The Morgan fingerprint density at radius 3 is 2.83 bits per heavy atom. The lowest BCUT2D eigenvalue weighted by molar-refractivity contribution is 0.173. The zero-order valence-corrected chi connectivity index (χ0v) is 14.7. The van der Waals surface area contributed by atoms with E-state index >= 15 is 0 Å². The molecule has 2 heterocycles. The van der Waals surface area contributed by atoms with Crippen molar-refractivity contribution in [3.63, 3.8) is 0 Å². The first kappa shape index (κ1) is 16.4. The highest BCUT2D eigenvalue weighted by atomic mass is 16.7. The van der Waals surface area contributed by atoms with Gasteiger partial charge in [-0.15, -0.1) is 0 Å². The van der Waals surface area contributed by atoms with Crippen LogP contribution in [0, 0.1) is 0 Å². The monoisotopic (exact) mass is 331 g/mol. The number of nitrogens with zero attached hydrogens (tertiary/aromatic N) is 4. The van der Waals surface area contributed by atoms with E-state index in [0.717, 1.165) is 41.9 Å². The van der Waals surface area contributed by atoms with Crippen LogP contribution in [0.1, 0.15) is 12.5 Å². The van der Waals surface area contributed by atoms with Crippen molar-refractivity contribution in [1.82, 2.24) is 15.1 Å². The van der Waals surface area contributed by atoms with Gasteiger partial charge in [0.25, 0.3) is 0 Å². The number of benzene rings is 1. The second-order valence-corrected chi connectivity index (χ2v) is 6.31. The number of ether oxygens (including phenoxy) is 2. The first-order valence-electron chi connectivity index (χ1n) is 8.20. The third-order valence-corrected chi connectivity index (χ3v) is 4.05. The van der Waals surface area contributed by atoms with Gasteiger partial charge >= 0.3 is 0 Å². The lowest BCUT2D eigenvalue weighted by Crippen LogP contribution is -2.47. The zero-order valence-electron chi connectivity index (χ0n) is 14.7.